The molecular weight excluding hydrogens is 404 g/mol. The van der Waals surface area contributed by atoms with E-state index in [1.165, 1.54) is 28.3 Å². The molecule has 0 bridgehead atoms. The summed E-state index contributed by atoms with van der Waals surface area (Å²) in [4.78, 5) is 20.7. The number of nitrogen functional groups attached to an aromatic ring is 1. The first kappa shape index (κ1) is 17.0. The predicted octanol–water partition coefficient (Wildman–Crippen LogP) is 2.47. The first-order valence-electron chi connectivity index (χ1n) is 6.93. The van der Waals surface area contributed by atoms with Gasteiger partial charge in [0.05, 0.1) is 16.8 Å². The lowest BCUT2D eigenvalue weighted by molar-refractivity contribution is 1.00. The molecule has 0 saturated carbocycles. The minimum absolute atomic E-state index is 0.0698. The Balaban J connectivity index is 1.92. The van der Waals surface area contributed by atoms with E-state index >= 15 is 0 Å². The summed E-state index contributed by atoms with van der Waals surface area (Å²) in [5, 5.41) is 18.6. The van der Waals surface area contributed by atoms with E-state index in [4.69, 9.17) is 11.0 Å². The Labute approximate surface area is 154 Å². The first-order valence-corrected chi connectivity index (χ1v) is 8.71. The molecule has 3 heterocycles. The van der Waals surface area contributed by atoms with Crippen molar-refractivity contribution in [1.82, 2.24) is 14.4 Å². The molecule has 0 aliphatic carbocycles. The fraction of sp³-hybridized carbons (Fsp3) is 0.0625. The van der Waals surface area contributed by atoms with Gasteiger partial charge in [0.15, 0.2) is 0 Å². The number of pyridine rings is 2. The lowest BCUT2D eigenvalue weighted by Crippen LogP contribution is -2.15. The van der Waals surface area contributed by atoms with Gasteiger partial charge in [-0.05, 0) is 34.1 Å². The van der Waals surface area contributed by atoms with E-state index < -0.39 is 0 Å². The van der Waals surface area contributed by atoms with Gasteiger partial charge in [-0.25, -0.2) is 9.97 Å². The van der Waals surface area contributed by atoms with Gasteiger partial charge in [-0.2, -0.15) is 10.5 Å². The Hall–Kier alpha value is -2.88. The summed E-state index contributed by atoms with van der Waals surface area (Å²) in [6.07, 6.45) is 1.65. The highest BCUT2D eigenvalue weighted by Crippen LogP contribution is 2.26. The zero-order valence-corrected chi connectivity index (χ0v) is 15.0. The van der Waals surface area contributed by atoms with Crippen LogP contribution in [0, 0.1) is 22.7 Å². The van der Waals surface area contributed by atoms with Crippen LogP contribution in [0.1, 0.15) is 16.8 Å². The summed E-state index contributed by atoms with van der Waals surface area (Å²) in [5.41, 5.74) is 7.02. The van der Waals surface area contributed by atoms with Crippen molar-refractivity contribution < 1.29 is 0 Å². The van der Waals surface area contributed by atoms with E-state index in [-0.39, 0.29) is 22.5 Å². The van der Waals surface area contributed by atoms with E-state index in [0.29, 0.717) is 22.1 Å². The minimum Gasteiger partial charge on any atom is -0.383 e. The highest BCUT2D eigenvalue weighted by atomic mass is 79.9. The zero-order chi connectivity index (χ0) is 18.0. The molecule has 122 valence electrons. The lowest BCUT2D eigenvalue weighted by atomic mass is 10.2. The van der Waals surface area contributed by atoms with Gasteiger partial charge in [-0.15, -0.1) is 0 Å². The van der Waals surface area contributed by atoms with Crippen molar-refractivity contribution in [1.29, 1.82) is 10.5 Å². The molecule has 0 atom stereocenters. The minimum atomic E-state index is -0.199. The third-order valence-corrected chi connectivity index (χ3v) is 4.79. The summed E-state index contributed by atoms with van der Waals surface area (Å²) in [6.45, 7) is 0. The number of fused-ring (bicyclic) bond motifs is 1. The molecule has 0 saturated heterocycles. The number of hydrogen-bond acceptors (Lipinski definition) is 7. The molecule has 7 nitrogen and oxygen atoms in total. The second-order valence-electron chi connectivity index (χ2n) is 4.95. The molecule has 3 rings (SSSR count). The van der Waals surface area contributed by atoms with Crippen LogP contribution in [0.5, 0.6) is 0 Å². The van der Waals surface area contributed by atoms with Crippen LogP contribution >= 0.6 is 27.7 Å². The Morgan fingerprint density at radius 1 is 1.20 bits per heavy atom. The van der Waals surface area contributed by atoms with Crippen molar-refractivity contribution in [3.63, 3.8) is 0 Å². The fourth-order valence-electron chi connectivity index (χ4n) is 2.13. The monoisotopic (exact) mass is 412 g/mol. The van der Waals surface area contributed by atoms with Crippen LogP contribution in [0.3, 0.4) is 0 Å². The molecule has 0 fully saturated rings. The van der Waals surface area contributed by atoms with E-state index in [1.54, 1.807) is 18.3 Å². The third-order valence-electron chi connectivity index (χ3n) is 3.29. The number of anilines is 1. The Kier molecular flexibility index (Phi) is 4.70. The van der Waals surface area contributed by atoms with Gasteiger partial charge in [0.2, 0.25) is 0 Å². The van der Waals surface area contributed by atoms with E-state index in [0.717, 1.165) is 4.47 Å². The van der Waals surface area contributed by atoms with Crippen LogP contribution in [0.15, 0.2) is 44.8 Å². The maximum absolute atomic E-state index is 12.2. The van der Waals surface area contributed by atoms with Crippen molar-refractivity contribution in [2.75, 3.05) is 5.73 Å². The molecule has 25 heavy (non-hydrogen) atoms. The van der Waals surface area contributed by atoms with E-state index in [9.17, 15) is 10.1 Å². The highest BCUT2D eigenvalue weighted by molar-refractivity contribution is 9.10. The number of aromatic nitrogens is 3. The fourth-order valence-corrected chi connectivity index (χ4v) is 3.32. The number of halogens is 1. The summed E-state index contributed by atoms with van der Waals surface area (Å²) < 4.78 is 2.22. The summed E-state index contributed by atoms with van der Waals surface area (Å²) >= 11 is 4.55. The van der Waals surface area contributed by atoms with Crippen molar-refractivity contribution in [3.05, 3.63) is 62.1 Å². The Morgan fingerprint density at radius 2 is 1.96 bits per heavy atom. The summed E-state index contributed by atoms with van der Waals surface area (Å²) in [6, 6.07) is 10.3. The average Bonchev–Trinajstić information content (AvgIpc) is 2.60. The van der Waals surface area contributed by atoms with E-state index in [1.807, 2.05) is 12.1 Å². The number of rotatable bonds is 3. The molecule has 3 aromatic rings. The van der Waals surface area contributed by atoms with Gasteiger partial charge < -0.3 is 5.73 Å². The predicted molar refractivity (Wildman–Crippen MR) is 96.8 cm³/mol. The highest BCUT2D eigenvalue weighted by Gasteiger charge is 2.11. The van der Waals surface area contributed by atoms with Gasteiger partial charge in [0.25, 0.3) is 5.56 Å². The van der Waals surface area contributed by atoms with E-state index in [2.05, 4.69) is 25.9 Å². The Morgan fingerprint density at radius 3 is 2.68 bits per heavy atom. The molecule has 0 aliphatic rings. The van der Waals surface area contributed by atoms with Crippen molar-refractivity contribution in [2.24, 2.45) is 0 Å². The van der Waals surface area contributed by atoms with Gasteiger partial charge in [-0.1, -0.05) is 11.8 Å². The van der Waals surface area contributed by atoms with Crippen LogP contribution in [-0.4, -0.2) is 14.4 Å². The van der Waals surface area contributed by atoms with Crippen molar-refractivity contribution >= 4 is 39.2 Å². The van der Waals surface area contributed by atoms with Crippen LogP contribution in [0.25, 0.3) is 5.65 Å². The summed E-state index contributed by atoms with van der Waals surface area (Å²) in [7, 11) is 0. The molecule has 0 unspecified atom stereocenters. The number of nitrogens with two attached hydrogens (primary N) is 1. The Bertz CT molecular complexity index is 1130. The van der Waals surface area contributed by atoms with Crippen molar-refractivity contribution in [3.8, 4) is 12.1 Å². The number of thioether (sulfide) groups is 1. The second kappa shape index (κ2) is 6.93. The first-order chi connectivity index (χ1) is 12.0. The van der Waals surface area contributed by atoms with Gasteiger partial charge in [-0.3, -0.25) is 9.20 Å². The smallest absolute Gasteiger partial charge is 0.258 e. The molecular formula is C16H9BrN6OS. The molecule has 0 aliphatic heterocycles. The average molecular weight is 413 g/mol. The molecule has 0 spiro atoms. The topological polar surface area (TPSA) is 121 Å². The molecule has 0 amide bonds. The molecule has 9 heteroatoms. The third kappa shape index (κ3) is 3.48. The lowest BCUT2D eigenvalue weighted by Gasteiger charge is -2.07. The maximum atomic E-state index is 12.2. The quantitative estimate of drug-likeness (QED) is 0.655. The number of hydrogen-bond donors (Lipinski definition) is 1. The van der Waals surface area contributed by atoms with Crippen LogP contribution in [0.2, 0.25) is 0 Å². The SMILES string of the molecule is N#Cc1cc(C#N)c(SCc2cc(=O)n3cc(Br)ccc3n2)nc1N. The van der Waals surface area contributed by atoms with Crippen LogP contribution in [0.4, 0.5) is 5.82 Å². The molecule has 2 N–H and O–H groups in total. The van der Waals surface area contributed by atoms with Crippen molar-refractivity contribution in [2.45, 2.75) is 10.8 Å². The van der Waals surface area contributed by atoms with Gasteiger partial charge in [0.1, 0.15) is 28.6 Å². The number of nitrogens with zero attached hydrogens (tertiary/aromatic N) is 5. The summed E-state index contributed by atoms with van der Waals surface area (Å²) in [5.74, 6) is 0.412. The van der Waals surface area contributed by atoms with Gasteiger partial charge in [0, 0.05) is 22.5 Å². The van der Waals surface area contributed by atoms with Crippen LogP contribution in [-0.2, 0) is 5.75 Å². The maximum Gasteiger partial charge on any atom is 0.258 e. The largest absolute Gasteiger partial charge is 0.383 e. The van der Waals surface area contributed by atoms with Gasteiger partial charge >= 0.3 is 0 Å². The molecule has 0 radical (unpaired) electrons. The molecule has 3 aromatic heterocycles. The molecule has 0 aromatic carbocycles. The van der Waals surface area contributed by atoms with Crippen LogP contribution < -0.4 is 11.3 Å². The standard InChI is InChI=1S/C16H9BrN6OS/c17-11-1-2-13-21-12(4-14(24)23(13)7-11)8-25-16-10(6-19)3-9(5-18)15(20)22-16/h1-4,7H,8H2,(H2,20,22). The zero-order valence-electron chi connectivity index (χ0n) is 12.6. The normalized spacial score (nSPS) is 10.4. The second-order valence-corrected chi connectivity index (χ2v) is 6.83. The number of nitriles is 2.